The van der Waals surface area contributed by atoms with Gasteiger partial charge in [-0.3, -0.25) is 4.79 Å². The number of benzene rings is 3. The van der Waals surface area contributed by atoms with Crippen LogP contribution in [0.2, 0.25) is 0 Å². The van der Waals surface area contributed by atoms with Crippen molar-refractivity contribution in [3.8, 4) is 0 Å². The Labute approximate surface area is 164 Å². The van der Waals surface area contributed by atoms with E-state index in [0.717, 1.165) is 46.5 Å². The third-order valence-electron chi connectivity index (χ3n) is 5.08. The summed E-state index contributed by atoms with van der Waals surface area (Å²) in [6, 6.07) is 23.7. The van der Waals surface area contributed by atoms with Crippen molar-refractivity contribution in [3.05, 3.63) is 95.3 Å². The van der Waals surface area contributed by atoms with E-state index in [0.29, 0.717) is 5.56 Å². The molecule has 0 aliphatic carbocycles. The maximum atomic E-state index is 12.6. The molecule has 1 heterocycles. The molecule has 0 spiro atoms. The van der Waals surface area contributed by atoms with Gasteiger partial charge in [-0.25, -0.2) is 4.98 Å². The Morgan fingerprint density at radius 3 is 2.43 bits per heavy atom. The minimum atomic E-state index is -0.0878. The van der Waals surface area contributed by atoms with Gasteiger partial charge in [-0.2, -0.15) is 0 Å². The third-order valence-corrected chi connectivity index (χ3v) is 5.08. The fourth-order valence-electron chi connectivity index (χ4n) is 3.43. The minimum Gasteiger partial charge on any atom is -0.331 e. The predicted molar refractivity (Wildman–Crippen MR) is 114 cm³/mol. The van der Waals surface area contributed by atoms with E-state index in [1.807, 2.05) is 67.6 Å². The molecular weight excluding hydrogens is 346 g/mol. The summed E-state index contributed by atoms with van der Waals surface area (Å²) in [6.07, 6.45) is 1.62. The number of fused-ring (bicyclic) bond motifs is 1. The number of carbonyl (C=O) groups excluding carboxylic acids is 1. The highest BCUT2D eigenvalue weighted by molar-refractivity contribution is 6.04. The van der Waals surface area contributed by atoms with Crippen LogP contribution < -0.4 is 5.32 Å². The molecule has 0 bridgehead atoms. The Kier molecular flexibility index (Phi) is 4.94. The van der Waals surface area contributed by atoms with Gasteiger partial charge in [-0.15, -0.1) is 0 Å². The number of rotatable bonds is 5. The highest BCUT2D eigenvalue weighted by Gasteiger charge is 2.11. The second-order valence-electron chi connectivity index (χ2n) is 7.05. The van der Waals surface area contributed by atoms with Gasteiger partial charge in [0.15, 0.2) is 0 Å². The van der Waals surface area contributed by atoms with Gasteiger partial charge in [0.05, 0.1) is 11.0 Å². The van der Waals surface area contributed by atoms with Crippen molar-refractivity contribution in [3.63, 3.8) is 0 Å². The van der Waals surface area contributed by atoms with Crippen molar-refractivity contribution in [2.45, 2.75) is 19.8 Å². The van der Waals surface area contributed by atoms with Crippen LogP contribution in [0.15, 0.2) is 72.8 Å². The van der Waals surface area contributed by atoms with Crippen LogP contribution in [0.25, 0.3) is 11.0 Å². The molecule has 1 N–H and O–H groups in total. The van der Waals surface area contributed by atoms with Gasteiger partial charge in [0.2, 0.25) is 0 Å². The summed E-state index contributed by atoms with van der Waals surface area (Å²) in [5, 5.41) is 3.06. The Hall–Kier alpha value is -3.40. The van der Waals surface area contributed by atoms with Crippen molar-refractivity contribution in [1.29, 1.82) is 0 Å². The summed E-state index contributed by atoms with van der Waals surface area (Å²) in [7, 11) is 2.05. The van der Waals surface area contributed by atoms with Crippen LogP contribution in [0, 0.1) is 6.92 Å². The molecule has 0 aliphatic heterocycles. The van der Waals surface area contributed by atoms with Crippen molar-refractivity contribution in [2.24, 2.45) is 7.05 Å². The first-order valence-corrected chi connectivity index (χ1v) is 9.48. The Morgan fingerprint density at radius 2 is 1.64 bits per heavy atom. The predicted octanol–water partition coefficient (Wildman–Crippen LogP) is 4.92. The van der Waals surface area contributed by atoms with Crippen LogP contribution in [0.1, 0.15) is 27.3 Å². The number of carbonyl (C=O) groups is 1. The number of para-hydroxylation sites is 3. The summed E-state index contributed by atoms with van der Waals surface area (Å²) in [6.45, 7) is 2.01. The first kappa shape index (κ1) is 18.0. The molecule has 0 saturated heterocycles. The van der Waals surface area contributed by atoms with E-state index in [1.54, 1.807) is 0 Å². The first-order chi connectivity index (χ1) is 13.6. The maximum absolute atomic E-state index is 12.6. The van der Waals surface area contributed by atoms with Crippen molar-refractivity contribution in [2.75, 3.05) is 5.32 Å². The van der Waals surface area contributed by atoms with E-state index in [-0.39, 0.29) is 5.91 Å². The molecular formula is C24H23N3O. The average molecular weight is 369 g/mol. The standard InChI is InChI=1S/C24H23N3O/c1-17-11-13-19(14-12-17)24(28)26-20-8-4-3-7-18(20)15-16-23-25-21-9-5-6-10-22(21)27(23)2/h3-14H,15-16H2,1-2H3,(H,26,28). The van der Waals surface area contributed by atoms with Crippen molar-refractivity contribution in [1.82, 2.24) is 9.55 Å². The monoisotopic (exact) mass is 369 g/mol. The lowest BCUT2D eigenvalue weighted by Crippen LogP contribution is -2.13. The van der Waals surface area contributed by atoms with Gasteiger partial charge < -0.3 is 9.88 Å². The molecule has 4 heteroatoms. The van der Waals surface area contributed by atoms with Gasteiger partial charge in [-0.05, 0) is 49.2 Å². The van der Waals surface area contributed by atoms with E-state index < -0.39 is 0 Å². The smallest absolute Gasteiger partial charge is 0.255 e. The molecule has 0 saturated carbocycles. The second-order valence-corrected chi connectivity index (χ2v) is 7.05. The summed E-state index contributed by atoms with van der Waals surface area (Å²) >= 11 is 0. The number of aryl methyl sites for hydroxylation is 4. The lowest BCUT2D eigenvalue weighted by Gasteiger charge is -2.11. The second kappa shape index (κ2) is 7.69. The zero-order valence-electron chi connectivity index (χ0n) is 16.1. The van der Waals surface area contributed by atoms with Gasteiger partial charge in [0, 0.05) is 24.7 Å². The normalized spacial score (nSPS) is 10.9. The van der Waals surface area contributed by atoms with Crippen LogP contribution in [-0.4, -0.2) is 15.5 Å². The molecule has 0 radical (unpaired) electrons. The fourth-order valence-corrected chi connectivity index (χ4v) is 3.43. The summed E-state index contributed by atoms with van der Waals surface area (Å²) < 4.78 is 2.14. The quantitative estimate of drug-likeness (QED) is 0.543. The highest BCUT2D eigenvalue weighted by Crippen LogP contribution is 2.20. The van der Waals surface area contributed by atoms with Crippen LogP contribution in [-0.2, 0) is 19.9 Å². The average Bonchev–Trinajstić information content (AvgIpc) is 3.04. The summed E-state index contributed by atoms with van der Waals surface area (Å²) in [5.74, 6) is 0.955. The van der Waals surface area contributed by atoms with Gasteiger partial charge in [-0.1, -0.05) is 48.0 Å². The molecule has 3 aromatic carbocycles. The van der Waals surface area contributed by atoms with Gasteiger partial charge in [0.1, 0.15) is 5.82 Å². The SMILES string of the molecule is Cc1ccc(C(=O)Nc2ccccc2CCc2nc3ccccc3n2C)cc1. The largest absolute Gasteiger partial charge is 0.331 e. The topological polar surface area (TPSA) is 46.9 Å². The minimum absolute atomic E-state index is 0.0878. The van der Waals surface area contributed by atoms with Crippen molar-refractivity contribution >= 4 is 22.6 Å². The van der Waals surface area contributed by atoms with Gasteiger partial charge in [0.25, 0.3) is 5.91 Å². The van der Waals surface area contributed by atoms with Crippen molar-refractivity contribution < 1.29 is 4.79 Å². The van der Waals surface area contributed by atoms with E-state index in [4.69, 9.17) is 4.98 Å². The fraction of sp³-hybridized carbons (Fsp3) is 0.167. The van der Waals surface area contributed by atoms with Gasteiger partial charge >= 0.3 is 0 Å². The van der Waals surface area contributed by atoms with E-state index in [9.17, 15) is 4.79 Å². The molecule has 0 aliphatic rings. The molecule has 140 valence electrons. The maximum Gasteiger partial charge on any atom is 0.255 e. The number of anilines is 1. The number of amides is 1. The molecule has 4 aromatic rings. The molecule has 1 amide bonds. The molecule has 4 rings (SSSR count). The molecule has 0 fully saturated rings. The lowest BCUT2D eigenvalue weighted by molar-refractivity contribution is 0.102. The molecule has 4 nitrogen and oxygen atoms in total. The first-order valence-electron chi connectivity index (χ1n) is 9.48. The zero-order valence-corrected chi connectivity index (χ0v) is 16.1. The highest BCUT2D eigenvalue weighted by atomic mass is 16.1. The summed E-state index contributed by atoms with van der Waals surface area (Å²) in [5.41, 5.74) is 5.91. The number of nitrogens with zero attached hydrogens (tertiary/aromatic N) is 2. The van der Waals surface area contributed by atoms with E-state index in [1.165, 1.54) is 0 Å². The van der Waals surface area contributed by atoms with E-state index >= 15 is 0 Å². The zero-order chi connectivity index (χ0) is 19.5. The van der Waals surface area contributed by atoms with Crippen LogP contribution in [0.5, 0.6) is 0 Å². The van der Waals surface area contributed by atoms with E-state index in [2.05, 4.69) is 29.1 Å². The number of nitrogens with one attached hydrogen (secondary N) is 1. The molecule has 28 heavy (non-hydrogen) atoms. The third kappa shape index (κ3) is 3.67. The van der Waals surface area contributed by atoms with Crippen LogP contribution >= 0.6 is 0 Å². The number of aromatic nitrogens is 2. The number of hydrogen-bond donors (Lipinski definition) is 1. The molecule has 1 aromatic heterocycles. The number of imidazole rings is 1. The van der Waals surface area contributed by atoms with Crippen LogP contribution in [0.3, 0.4) is 0 Å². The molecule has 0 atom stereocenters. The molecule has 0 unspecified atom stereocenters. The number of hydrogen-bond acceptors (Lipinski definition) is 2. The summed E-state index contributed by atoms with van der Waals surface area (Å²) in [4.78, 5) is 17.3. The Bertz CT molecular complexity index is 1130. The Balaban J connectivity index is 1.52. The van der Waals surface area contributed by atoms with Crippen LogP contribution in [0.4, 0.5) is 5.69 Å². The lowest BCUT2D eigenvalue weighted by atomic mass is 10.1. The Morgan fingerprint density at radius 1 is 0.929 bits per heavy atom.